The molecule has 120 valence electrons. The van der Waals surface area contributed by atoms with Crippen LogP contribution in [0.4, 0.5) is 11.4 Å². The molecule has 0 saturated carbocycles. The Bertz CT molecular complexity index is 803. The lowest BCUT2D eigenvalue weighted by Crippen LogP contribution is -1.99. The monoisotopic (exact) mass is 336 g/mol. The molecule has 0 heterocycles. The maximum absolute atomic E-state index is 10.6. The van der Waals surface area contributed by atoms with Gasteiger partial charge in [0.2, 0.25) is 0 Å². The molecule has 1 N–H and O–H groups in total. The quantitative estimate of drug-likeness (QED) is 0.486. The van der Waals surface area contributed by atoms with Gasteiger partial charge in [-0.25, -0.2) is 0 Å². The van der Waals surface area contributed by atoms with Gasteiger partial charge in [-0.05, 0) is 42.0 Å². The molecule has 0 saturated heterocycles. The second-order valence-corrected chi connectivity index (χ2v) is 6.36. The van der Waals surface area contributed by atoms with Crippen LogP contribution in [0.5, 0.6) is 0 Å². The molecule has 0 radical (unpaired) electrons. The molecule has 0 aliphatic heterocycles. The van der Waals surface area contributed by atoms with Crippen molar-refractivity contribution in [2.75, 3.05) is 5.32 Å². The predicted molar refractivity (Wildman–Crippen MR) is 97.4 cm³/mol. The zero-order valence-electron chi connectivity index (χ0n) is 12.9. The molecule has 0 fully saturated rings. The highest BCUT2D eigenvalue weighted by Gasteiger charge is 2.04. The minimum absolute atomic E-state index is 0.112. The SMILES string of the molecule is O=[N+]([O-])c1ccc(CNc2ccc(Sc3ccccc3)cc2)cc1. The van der Waals surface area contributed by atoms with Crippen LogP contribution in [0.1, 0.15) is 5.56 Å². The first-order valence-corrected chi connectivity index (χ1v) is 8.32. The van der Waals surface area contributed by atoms with Crippen molar-refractivity contribution in [2.45, 2.75) is 16.3 Å². The first kappa shape index (κ1) is 16.1. The Morgan fingerprint density at radius 3 is 2.08 bits per heavy atom. The van der Waals surface area contributed by atoms with E-state index in [1.807, 2.05) is 30.3 Å². The van der Waals surface area contributed by atoms with Crippen LogP contribution >= 0.6 is 11.8 Å². The molecule has 3 aromatic rings. The van der Waals surface area contributed by atoms with Crippen molar-refractivity contribution in [3.05, 3.63) is 94.5 Å². The Morgan fingerprint density at radius 1 is 0.833 bits per heavy atom. The zero-order chi connectivity index (χ0) is 16.8. The minimum Gasteiger partial charge on any atom is -0.381 e. The number of nitrogens with zero attached hydrogens (tertiary/aromatic N) is 1. The zero-order valence-corrected chi connectivity index (χ0v) is 13.7. The van der Waals surface area contributed by atoms with E-state index in [0.717, 1.165) is 11.3 Å². The summed E-state index contributed by atoms with van der Waals surface area (Å²) >= 11 is 1.72. The summed E-state index contributed by atoms with van der Waals surface area (Å²) in [4.78, 5) is 12.6. The van der Waals surface area contributed by atoms with E-state index in [-0.39, 0.29) is 10.6 Å². The highest BCUT2D eigenvalue weighted by Crippen LogP contribution is 2.28. The maximum atomic E-state index is 10.6. The number of non-ortho nitro benzene ring substituents is 1. The van der Waals surface area contributed by atoms with Crippen LogP contribution in [0.15, 0.2) is 88.7 Å². The van der Waals surface area contributed by atoms with E-state index in [9.17, 15) is 10.1 Å². The van der Waals surface area contributed by atoms with Crippen molar-refractivity contribution in [1.29, 1.82) is 0 Å². The van der Waals surface area contributed by atoms with Crippen molar-refractivity contribution >= 4 is 23.1 Å². The summed E-state index contributed by atoms with van der Waals surface area (Å²) in [5, 5.41) is 14.0. The third kappa shape index (κ3) is 4.36. The third-order valence-electron chi connectivity index (χ3n) is 3.48. The Morgan fingerprint density at radius 2 is 1.46 bits per heavy atom. The number of nitrogens with one attached hydrogen (secondary N) is 1. The molecule has 0 aliphatic rings. The van der Waals surface area contributed by atoms with Crippen LogP contribution in [0.25, 0.3) is 0 Å². The van der Waals surface area contributed by atoms with Gasteiger partial charge < -0.3 is 5.32 Å². The fourth-order valence-electron chi connectivity index (χ4n) is 2.21. The Hall–Kier alpha value is -2.79. The number of anilines is 1. The summed E-state index contributed by atoms with van der Waals surface area (Å²) in [5.74, 6) is 0. The number of hydrogen-bond acceptors (Lipinski definition) is 4. The first-order valence-electron chi connectivity index (χ1n) is 7.51. The van der Waals surface area contributed by atoms with Gasteiger partial charge in [-0.15, -0.1) is 0 Å². The molecule has 0 bridgehead atoms. The second-order valence-electron chi connectivity index (χ2n) is 5.22. The standard InChI is InChI=1S/C19H16N2O2S/c22-21(23)17-10-6-15(7-11-17)14-20-16-8-12-19(13-9-16)24-18-4-2-1-3-5-18/h1-13,20H,14H2. The summed E-state index contributed by atoms with van der Waals surface area (Å²) in [6.45, 7) is 0.628. The van der Waals surface area contributed by atoms with Gasteiger partial charge in [-0.3, -0.25) is 10.1 Å². The number of nitro benzene ring substituents is 1. The maximum Gasteiger partial charge on any atom is 0.269 e. The molecule has 0 spiro atoms. The molecule has 0 unspecified atom stereocenters. The molecule has 3 aromatic carbocycles. The number of hydrogen-bond donors (Lipinski definition) is 1. The van der Waals surface area contributed by atoms with Crippen LogP contribution in [0.2, 0.25) is 0 Å². The fraction of sp³-hybridized carbons (Fsp3) is 0.0526. The predicted octanol–water partition coefficient (Wildman–Crippen LogP) is 5.36. The van der Waals surface area contributed by atoms with Gasteiger partial charge in [0.25, 0.3) is 5.69 Å². The molecule has 0 atom stereocenters. The van der Waals surface area contributed by atoms with Gasteiger partial charge >= 0.3 is 0 Å². The van der Waals surface area contributed by atoms with Crippen molar-refractivity contribution in [3.63, 3.8) is 0 Å². The molecule has 4 nitrogen and oxygen atoms in total. The van der Waals surface area contributed by atoms with Crippen LogP contribution in [0, 0.1) is 10.1 Å². The third-order valence-corrected chi connectivity index (χ3v) is 4.49. The van der Waals surface area contributed by atoms with Gasteiger partial charge in [0.15, 0.2) is 0 Å². The first-order chi connectivity index (χ1) is 11.7. The van der Waals surface area contributed by atoms with Crippen molar-refractivity contribution < 1.29 is 4.92 Å². The van der Waals surface area contributed by atoms with E-state index in [4.69, 9.17) is 0 Å². The van der Waals surface area contributed by atoms with E-state index >= 15 is 0 Å². The van der Waals surface area contributed by atoms with Gasteiger partial charge in [-0.1, -0.05) is 42.1 Å². The molecule has 0 aliphatic carbocycles. The van der Waals surface area contributed by atoms with Gasteiger partial charge in [-0.2, -0.15) is 0 Å². The Kier molecular flexibility index (Phi) is 5.13. The number of rotatable bonds is 6. The topological polar surface area (TPSA) is 55.2 Å². The number of nitro groups is 1. The second kappa shape index (κ2) is 7.66. The smallest absolute Gasteiger partial charge is 0.269 e. The van der Waals surface area contributed by atoms with Crippen molar-refractivity contribution in [1.82, 2.24) is 0 Å². The van der Waals surface area contributed by atoms with Crippen molar-refractivity contribution in [2.24, 2.45) is 0 Å². The summed E-state index contributed by atoms with van der Waals surface area (Å²) in [7, 11) is 0. The lowest BCUT2D eigenvalue weighted by molar-refractivity contribution is -0.384. The molecule has 0 amide bonds. The van der Waals surface area contributed by atoms with Crippen LogP contribution in [-0.2, 0) is 6.54 Å². The molecule has 24 heavy (non-hydrogen) atoms. The summed E-state index contributed by atoms with van der Waals surface area (Å²) in [5.41, 5.74) is 2.13. The fourth-order valence-corrected chi connectivity index (χ4v) is 3.04. The van der Waals surface area contributed by atoms with Crippen LogP contribution < -0.4 is 5.32 Å². The number of benzene rings is 3. The largest absolute Gasteiger partial charge is 0.381 e. The minimum atomic E-state index is -0.389. The Labute approximate surface area is 144 Å². The molecule has 0 aromatic heterocycles. The molecular weight excluding hydrogens is 320 g/mol. The summed E-state index contributed by atoms with van der Waals surface area (Å²) in [6, 6.07) is 25.1. The molecule has 5 heteroatoms. The normalized spacial score (nSPS) is 10.3. The van der Waals surface area contributed by atoms with Gasteiger partial charge in [0.05, 0.1) is 4.92 Å². The Balaban J connectivity index is 1.57. The van der Waals surface area contributed by atoms with Crippen LogP contribution in [-0.4, -0.2) is 4.92 Å². The van der Waals surface area contributed by atoms with E-state index in [1.165, 1.54) is 21.9 Å². The highest BCUT2D eigenvalue weighted by atomic mass is 32.2. The van der Waals surface area contributed by atoms with Gasteiger partial charge in [0.1, 0.15) is 0 Å². The van der Waals surface area contributed by atoms with Crippen LogP contribution in [0.3, 0.4) is 0 Å². The lowest BCUT2D eigenvalue weighted by Gasteiger charge is -2.08. The summed E-state index contributed by atoms with van der Waals surface area (Å²) < 4.78 is 0. The summed E-state index contributed by atoms with van der Waals surface area (Å²) in [6.07, 6.45) is 0. The van der Waals surface area contributed by atoms with Gasteiger partial charge in [0, 0.05) is 34.2 Å². The van der Waals surface area contributed by atoms with E-state index in [2.05, 4.69) is 29.6 Å². The van der Waals surface area contributed by atoms with E-state index < -0.39 is 0 Å². The lowest BCUT2D eigenvalue weighted by atomic mass is 10.2. The van der Waals surface area contributed by atoms with E-state index in [0.29, 0.717) is 6.54 Å². The highest BCUT2D eigenvalue weighted by molar-refractivity contribution is 7.99. The average Bonchev–Trinajstić information content (AvgIpc) is 2.62. The average molecular weight is 336 g/mol. The molecular formula is C19H16N2O2S. The van der Waals surface area contributed by atoms with Crippen molar-refractivity contribution in [3.8, 4) is 0 Å². The van der Waals surface area contributed by atoms with E-state index in [1.54, 1.807) is 23.9 Å². The molecule has 3 rings (SSSR count).